The molecule has 0 radical (unpaired) electrons. The van der Waals surface area contributed by atoms with E-state index in [9.17, 15) is 9.90 Å². The van der Waals surface area contributed by atoms with Gasteiger partial charge in [0.1, 0.15) is 0 Å². The van der Waals surface area contributed by atoms with Crippen molar-refractivity contribution in [3.05, 3.63) is 11.6 Å². The van der Waals surface area contributed by atoms with Crippen molar-refractivity contribution >= 4 is 5.97 Å². The van der Waals surface area contributed by atoms with Gasteiger partial charge in [-0.05, 0) is 20.3 Å². The summed E-state index contributed by atoms with van der Waals surface area (Å²) in [7, 11) is 0. The van der Waals surface area contributed by atoms with E-state index in [1.807, 2.05) is 0 Å². The molecule has 3 nitrogen and oxygen atoms in total. The van der Waals surface area contributed by atoms with E-state index < -0.39 is 12.1 Å². The molecular formula is C12H22O3. The third kappa shape index (κ3) is 6.28. The lowest BCUT2D eigenvalue weighted by Gasteiger charge is -2.16. The molecule has 0 saturated heterocycles. The Morgan fingerprint density at radius 3 is 2.40 bits per heavy atom. The molecule has 2 N–H and O–H groups in total. The summed E-state index contributed by atoms with van der Waals surface area (Å²) < 4.78 is 0. The van der Waals surface area contributed by atoms with Gasteiger partial charge in [0, 0.05) is 11.5 Å². The summed E-state index contributed by atoms with van der Waals surface area (Å²) in [5, 5.41) is 18.2. The number of hydrogen-bond acceptors (Lipinski definition) is 2. The van der Waals surface area contributed by atoms with Gasteiger partial charge in [-0.15, -0.1) is 0 Å². The fraction of sp³-hybridized carbons (Fsp3) is 0.750. The van der Waals surface area contributed by atoms with Crippen molar-refractivity contribution in [2.75, 3.05) is 0 Å². The van der Waals surface area contributed by atoms with Gasteiger partial charge in [-0.25, -0.2) is 4.79 Å². The van der Waals surface area contributed by atoms with Crippen LogP contribution in [-0.4, -0.2) is 22.3 Å². The summed E-state index contributed by atoms with van der Waals surface area (Å²) in [4.78, 5) is 10.6. The highest BCUT2D eigenvalue weighted by Gasteiger charge is 2.13. The van der Waals surface area contributed by atoms with E-state index in [1.165, 1.54) is 0 Å². The second-order valence-electron chi connectivity index (χ2n) is 4.06. The van der Waals surface area contributed by atoms with Crippen LogP contribution in [0.15, 0.2) is 11.6 Å². The average molecular weight is 214 g/mol. The van der Waals surface area contributed by atoms with Crippen LogP contribution >= 0.6 is 0 Å². The van der Waals surface area contributed by atoms with Gasteiger partial charge in [0.05, 0.1) is 6.10 Å². The van der Waals surface area contributed by atoms with Gasteiger partial charge < -0.3 is 10.2 Å². The average Bonchev–Trinajstić information content (AvgIpc) is 2.15. The Morgan fingerprint density at radius 2 is 2.00 bits per heavy atom. The third-order valence-electron chi connectivity index (χ3n) is 2.56. The van der Waals surface area contributed by atoms with Crippen molar-refractivity contribution in [2.24, 2.45) is 5.92 Å². The molecule has 0 bridgehead atoms. The van der Waals surface area contributed by atoms with Crippen LogP contribution in [0.1, 0.15) is 46.5 Å². The Labute approximate surface area is 91.8 Å². The van der Waals surface area contributed by atoms with Gasteiger partial charge in [-0.3, -0.25) is 0 Å². The van der Waals surface area contributed by atoms with Crippen molar-refractivity contribution in [1.29, 1.82) is 0 Å². The van der Waals surface area contributed by atoms with Crippen LogP contribution in [0.5, 0.6) is 0 Å². The molecule has 0 heterocycles. The largest absolute Gasteiger partial charge is 0.478 e. The van der Waals surface area contributed by atoms with E-state index in [0.717, 1.165) is 25.7 Å². The maximum atomic E-state index is 10.6. The zero-order valence-electron chi connectivity index (χ0n) is 9.86. The number of aliphatic hydroxyl groups is 1. The topological polar surface area (TPSA) is 57.5 Å². The van der Waals surface area contributed by atoms with Crippen LogP contribution in [0.25, 0.3) is 0 Å². The molecular weight excluding hydrogens is 192 g/mol. The molecule has 2 atom stereocenters. The van der Waals surface area contributed by atoms with Gasteiger partial charge in [0.15, 0.2) is 0 Å². The smallest absolute Gasteiger partial charge is 0.330 e. The second kappa shape index (κ2) is 7.46. The SMILES string of the molecule is CCCCCC(C=C(C)C(=O)O)C(C)O. The molecule has 0 aromatic carbocycles. The molecule has 0 spiro atoms. The van der Waals surface area contributed by atoms with Crippen molar-refractivity contribution in [2.45, 2.75) is 52.6 Å². The maximum absolute atomic E-state index is 10.6. The van der Waals surface area contributed by atoms with E-state index in [-0.39, 0.29) is 5.92 Å². The number of carboxylic acid groups (broad SMARTS) is 1. The zero-order chi connectivity index (χ0) is 11.8. The lowest BCUT2D eigenvalue weighted by molar-refractivity contribution is -0.132. The van der Waals surface area contributed by atoms with E-state index in [0.29, 0.717) is 5.57 Å². The summed E-state index contributed by atoms with van der Waals surface area (Å²) in [6, 6.07) is 0. The van der Waals surface area contributed by atoms with Crippen molar-refractivity contribution in [3.63, 3.8) is 0 Å². The van der Waals surface area contributed by atoms with Crippen LogP contribution in [-0.2, 0) is 4.79 Å². The van der Waals surface area contributed by atoms with Crippen molar-refractivity contribution in [1.82, 2.24) is 0 Å². The highest BCUT2D eigenvalue weighted by molar-refractivity contribution is 5.85. The highest BCUT2D eigenvalue weighted by atomic mass is 16.4. The minimum Gasteiger partial charge on any atom is -0.478 e. The lowest BCUT2D eigenvalue weighted by atomic mass is 9.94. The van der Waals surface area contributed by atoms with Crippen LogP contribution in [0, 0.1) is 5.92 Å². The number of aliphatic hydroxyl groups excluding tert-OH is 1. The minimum atomic E-state index is -0.906. The summed E-state index contributed by atoms with van der Waals surface area (Å²) in [5.74, 6) is -0.941. The fourth-order valence-electron chi connectivity index (χ4n) is 1.49. The Kier molecular flexibility index (Phi) is 7.05. The van der Waals surface area contributed by atoms with Gasteiger partial charge >= 0.3 is 5.97 Å². The van der Waals surface area contributed by atoms with Crippen LogP contribution < -0.4 is 0 Å². The summed E-state index contributed by atoms with van der Waals surface area (Å²) in [5.41, 5.74) is 0.317. The number of carboxylic acids is 1. The summed E-state index contributed by atoms with van der Waals surface area (Å²) in [6.45, 7) is 5.40. The van der Waals surface area contributed by atoms with E-state index >= 15 is 0 Å². The first-order valence-corrected chi connectivity index (χ1v) is 5.58. The first-order chi connectivity index (χ1) is 6.99. The first kappa shape index (κ1) is 14.2. The van der Waals surface area contributed by atoms with Crippen LogP contribution in [0.4, 0.5) is 0 Å². The molecule has 0 rings (SSSR count). The molecule has 0 aliphatic rings. The molecule has 0 aliphatic heterocycles. The van der Waals surface area contributed by atoms with Crippen LogP contribution in [0.2, 0.25) is 0 Å². The first-order valence-electron chi connectivity index (χ1n) is 5.58. The van der Waals surface area contributed by atoms with Crippen molar-refractivity contribution in [3.8, 4) is 0 Å². The quantitative estimate of drug-likeness (QED) is 0.506. The molecule has 0 amide bonds. The van der Waals surface area contributed by atoms with Crippen molar-refractivity contribution < 1.29 is 15.0 Å². The molecule has 0 aromatic heterocycles. The van der Waals surface area contributed by atoms with E-state index in [1.54, 1.807) is 19.9 Å². The number of aliphatic carboxylic acids is 1. The number of carbonyl (C=O) groups is 1. The lowest BCUT2D eigenvalue weighted by Crippen LogP contribution is -2.16. The fourth-order valence-corrected chi connectivity index (χ4v) is 1.49. The third-order valence-corrected chi connectivity index (χ3v) is 2.56. The molecule has 2 unspecified atom stereocenters. The monoisotopic (exact) mass is 214 g/mol. The van der Waals surface area contributed by atoms with Gasteiger partial charge in [0.2, 0.25) is 0 Å². The molecule has 15 heavy (non-hydrogen) atoms. The molecule has 0 aliphatic carbocycles. The minimum absolute atomic E-state index is 0.0346. The molecule has 88 valence electrons. The predicted octanol–water partition coefficient (Wildman–Crippen LogP) is 2.59. The normalized spacial score (nSPS) is 16.1. The van der Waals surface area contributed by atoms with Crippen LogP contribution in [0.3, 0.4) is 0 Å². The highest BCUT2D eigenvalue weighted by Crippen LogP contribution is 2.17. The summed E-state index contributed by atoms with van der Waals surface area (Å²) in [6.07, 6.45) is 5.35. The molecule has 0 saturated carbocycles. The Balaban J connectivity index is 4.27. The number of rotatable bonds is 7. The zero-order valence-corrected chi connectivity index (χ0v) is 9.86. The second-order valence-corrected chi connectivity index (χ2v) is 4.06. The molecule has 3 heteroatoms. The standard InChI is InChI=1S/C12H22O3/c1-4-5-6-7-11(10(3)13)8-9(2)12(14)15/h8,10-11,13H,4-7H2,1-3H3,(H,14,15). The molecule has 0 aromatic rings. The molecule has 0 fully saturated rings. The maximum Gasteiger partial charge on any atom is 0.330 e. The van der Waals surface area contributed by atoms with Gasteiger partial charge in [0.25, 0.3) is 0 Å². The Bertz CT molecular complexity index is 219. The predicted molar refractivity (Wildman–Crippen MR) is 60.7 cm³/mol. The van der Waals surface area contributed by atoms with Gasteiger partial charge in [-0.2, -0.15) is 0 Å². The van der Waals surface area contributed by atoms with E-state index in [4.69, 9.17) is 5.11 Å². The summed E-state index contributed by atoms with van der Waals surface area (Å²) >= 11 is 0. The Hall–Kier alpha value is -0.830. The van der Waals surface area contributed by atoms with E-state index in [2.05, 4.69) is 6.92 Å². The Morgan fingerprint density at radius 1 is 1.40 bits per heavy atom. The number of hydrogen-bond donors (Lipinski definition) is 2. The number of unbranched alkanes of at least 4 members (excludes halogenated alkanes) is 2. The van der Waals surface area contributed by atoms with Gasteiger partial charge in [-0.1, -0.05) is 32.3 Å².